The van der Waals surface area contributed by atoms with Crippen molar-refractivity contribution in [3.05, 3.63) is 108 Å². The molecule has 28 heavy (non-hydrogen) atoms. The highest BCUT2D eigenvalue weighted by atomic mass is 16.5. The molecular weight excluding hydrogens is 344 g/mol. The zero-order chi connectivity index (χ0) is 19.3. The zero-order valence-electron chi connectivity index (χ0n) is 15.6. The van der Waals surface area contributed by atoms with Crippen LogP contribution in [0.5, 0.6) is 11.5 Å². The number of rotatable bonds is 3. The van der Waals surface area contributed by atoms with E-state index in [-0.39, 0.29) is 11.7 Å². The van der Waals surface area contributed by atoms with Crippen LogP contribution in [-0.2, 0) is 0 Å². The molecule has 0 saturated heterocycles. The Hall–Kier alpha value is -3.70. The summed E-state index contributed by atoms with van der Waals surface area (Å²) in [5.74, 6) is 7.44. The molecule has 0 radical (unpaired) electrons. The van der Waals surface area contributed by atoms with Gasteiger partial charge in [0, 0.05) is 11.1 Å². The Labute approximate surface area is 165 Å². The summed E-state index contributed by atoms with van der Waals surface area (Å²) in [6.07, 6.45) is 0. The molecule has 0 aliphatic carbocycles. The Bertz CT molecular complexity index is 1150. The highest BCUT2D eigenvalue weighted by Gasteiger charge is 2.19. The number of phenolic OH excluding ortho intramolecular Hbond substituents is 1. The minimum absolute atomic E-state index is 0.252. The molecule has 4 rings (SSSR count). The molecule has 0 aromatic heterocycles. The second kappa shape index (κ2) is 7.90. The van der Waals surface area contributed by atoms with Crippen LogP contribution < -0.4 is 4.74 Å². The Balaban J connectivity index is 1.91. The fourth-order valence-corrected chi connectivity index (χ4v) is 3.38. The maximum atomic E-state index is 10.7. The highest BCUT2D eigenvalue weighted by Crippen LogP contribution is 2.37. The van der Waals surface area contributed by atoms with Gasteiger partial charge in [-0.15, -0.1) is 0 Å². The van der Waals surface area contributed by atoms with E-state index in [0.717, 1.165) is 33.2 Å². The van der Waals surface area contributed by atoms with Crippen LogP contribution in [0.15, 0.2) is 91.0 Å². The quantitative estimate of drug-likeness (QED) is 0.470. The summed E-state index contributed by atoms with van der Waals surface area (Å²) in [6.45, 7) is 0. The molecule has 4 aromatic carbocycles. The first-order chi connectivity index (χ1) is 13.8. The molecule has 0 heterocycles. The molecular formula is C26H20O2. The average Bonchev–Trinajstić information content (AvgIpc) is 2.76. The topological polar surface area (TPSA) is 29.5 Å². The van der Waals surface area contributed by atoms with Crippen LogP contribution >= 0.6 is 0 Å². The van der Waals surface area contributed by atoms with E-state index < -0.39 is 0 Å². The molecule has 0 saturated carbocycles. The van der Waals surface area contributed by atoms with Crippen LogP contribution in [0.1, 0.15) is 22.6 Å². The van der Waals surface area contributed by atoms with E-state index in [0.29, 0.717) is 0 Å². The predicted molar refractivity (Wildman–Crippen MR) is 114 cm³/mol. The Morgan fingerprint density at radius 2 is 1.50 bits per heavy atom. The number of methoxy groups -OCH3 is 1. The summed E-state index contributed by atoms with van der Waals surface area (Å²) in [5.41, 5.74) is 2.78. The number of hydrogen-bond donors (Lipinski definition) is 1. The summed E-state index contributed by atoms with van der Waals surface area (Å²) >= 11 is 0. The first-order valence-electron chi connectivity index (χ1n) is 9.17. The van der Waals surface area contributed by atoms with Gasteiger partial charge in [-0.3, -0.25) is 0 Å². The van der Waals surface area contributed by atoms with Crippen molar-refractivity contribution in [2.45, 2.75) is 5.92 Å². The number of hydrogen-bond acceptors (Lipinski definition) is 2. The van der Waals surface area contributed by atoms with Gasteiger partial charge in [0.15, 0.2) is 0 Å². The van der Waals surface area contributed by atoms with Crippen LogP contribution in [0.3, 0.4) is 0 Å². The van der Waals surface area contributed by atoms with Crippen LogP contribution in [0.4, 0.5) is 0 Å². The van der Waals surface area contributed by atoms with E-state index in [1.165, 1.54) is 0 Å². The molecule has 0 amide bonds. The average molecular weight is 364 g/mol. The van der Waals surface area contributed by atoms with Gasteiger partial charge in [0.05, 0.1) is 13.0 Å². The van der Waals surface area contributed by atoms with Gasteiger partial charge in [-0.25, -0.2) is 0 Å². The third-order valence-electron chi connectivity index (χ3n) is 4.82. The highest BCUT2D eigenvalue weighted by molar-refractivity contribution is 5.89. The van der Waals surface area contributed by atoms with Gasteiger partial charge in [-0.2, -0.15) is 0 Å². The zero-order valence-corrected chi connectivity index (χ0v) is 15.6. The summed E-state index contributed by atoms with van der Waals surface area (Å²) < 4.78 is 5.29. The molecule has 2 nitrogen and oxygen atoms in total. The Morgan fingerprint density at radius 3 is 2.25 bits per heavy atom. The molecule has 0 spiro atoms. The first-order valence-corrected chi connectivity index (χ1v) is 9.17. The molecule has 0 bridgehead atoms. The Kier molecular flexibility index (Phi) is 4.99. The van der Waals surface area contributed by atoms with Crippen molar-refractivity contribution in [1.29, 1.82) is 0 Å². The monoisotopic (exact) mass is 364 g/mol. The number of aromatic hydroxyl groups is 1. The summed E-state index contributed by atoms with van der Waals surface area (Å²) in [4.78, 5) is 0. The second-order valence-corrected chi connectivity index (χ2v) is 6.56. The summed E-state index contributed by atoms with van der Waals surface area (Å²) in [6, 6.07) is 29.5. The second-order valence-electron chi connectivity index (χ2n) is 6.56. The van der Waals surface area contributed by atoms with Crippen molar-refractivity contribution < 1.29 is 9.84 Å². The third kappa shape index (κ3) is 3.56. The molecule has 0 aliphatic rings. The number of phenols is 1. The van der Waals surface area contributed by atoms with Gasteiger partial charge in [-0.05, 0) is 46.7 Å². The molecule has 1 atom stereocenters. The normalized spacial score (nSPS) is 11.5. The lowest BCUT2D eigenvalue weighted by Gasteiger charge is -2.17. The fourth-order valence-electron chi connectivity index (χ4n) is 3.38. The van der Waals surface area contributed by atoms with Crippen LogP contribution in [0.2, 0.25) is 0 Å². The Morgan fingerprint density at radius 1 is 0.786 bits per heavy atom. The molecule has 4 aromatic rings. The van der Waals surface area contributed by atoms with Crippen molar-refractivity contribution >= 4 is 10.8 Å². The minimum Gasteiger partial charge on any atom is -0.508 e. The molecule has 136 valence electrons. The van der Waals surface area contributed by atoms with Gasteiger partial charge < -0.3 is 9.84 Å². The van der Waals surface area contributed by atoms with E-state index in [9.17, 15) is 5.11 Å². The van der Waals surface area contributed by atoms with Crippen molar-refractivity contribution in [2.75, 3.05) is 7.11 Å². The van der Waals surface area contributed by atoms with E-state index >= 15 is 0 Å². The fraction of sp³-hybridized carbons (Fsp3) is 0.0769. The van der Waals surface area contributed by atoms with Crippen molar-refractivity contribution in [1.82, 2.24) is 0 Å². The maximum absolute atomic E-state index is 10.7. The number of ether oxygens (including phenoxy) is 1. The molecule has 0 fully saturated rings. The van der Waals surface area contributed by atoms with Gasteiger partial charge in [0.1, 0.15) is 11.5 Å². The summed E-state index contributed by atoms with van der Waals surface area (Å²) in [7, 11) is 1.65. The first kappa shape index (κ1) is 17.7. The SMILES string of the molecule is COc1ccc([C@@H](C#Cc2ccccc2)c2c(O)ccc3ccccc23)cc1. The van der Waals surface area contributed by atoms with Crippen molar-refractivity contribution in [2.24, 2.45) is 0 Å². The van der Waals surface area contributed by atoms with E-state index in [2.05, 4.69) is 11.8 Å². The molecule has 2 heteroatoms. The smallest absolute Gasteiger partial charge is 0.121 e. The van der Waals surface area contributed by atoms with E-state index in [1.54, 1.807) is 13.2 Å². The van der Waals surface area contributed by atoms with Gasteiger partial charge in [-0.1, -0.05) is 72.5 Å². The van der Waals surface area contributed by atoms with E-state index in [1.807, 2.05) is 84.9 Å². The van der Waals surface area contributed by atoms with Gasteiger partial charge in [0.2, 0.25) is 0 Å². The van der Waals surface area contributed by atoms with Crippen molar-refractivity contribution in [3.63, 3.8) is 0 Å². The van der Waals surface area contributed by atoms with Crippen LogP contribution in [-0.4, -0.2) is 12.2 Å². The lowest BCUT2D eigenvalue weighted by atomic mass is 9.87. The summed E-state index contributed by atoms with van der Waals surface area (Å²) in [5, 5.41) is 12.8. The molecule has 0 unspecified atom stereocenters. The number of fused-ring (bicyclic) bond motifs is 1. The van der Waals surface area contributed by atoms with Gasteiger partial charge in [0.25, 0.3) is 0 Å². The lowest BCUT2D eigenvalue weighted by molar-refractivity contribution is 0.414. The predicted octanol–water partition coefficient (Wildman–Crippen LogP) is 5.74. The molecule has 0 aliphatic heterocycles. The van der Waals surface area contributed by atoms with Crippen molar-refractivity contribution in [3.8, 4) is 23.3 Å². The van der Waals surface area contributed by atoms with Crippen LogP contribution in [0, 0.1) is 11.8 Å². The van der Waals surface area contributed by atoms with Gasteiger partial charge >= 0.3 is 0 Å². The third-order valence-corrected chi connectivity index (χ3v) is 4.82. The minimum atomic E-state index is -0.266. The van der Waals surface area contributed by atoms with E-state index in [4.69, 9.17) is 4.74 Å². The number of benzene rings is 4. The standard InChI is InChI=1S/C26H20O2/c1-28-22-15-12-21(13-16-22)24(17-11-19-7-3-2-4-8-19)26-23-10-6-5-9-20(23)14-18-25(26)27/h2-10,12-16,18,24,27H,1H3/t24-/m1/s1. The lowest BCUT2D eigenvalue weighted by Crippen LogP contribution is -2.01. The molecule has 1 N–H and O–H groups in total. The largest absolute Gasteiger partial charge is 0.508 e. The van der Waals surface area contributed by atoms with Crippen LogP contribution in [0.25, 0.3) is 10.8 Å². The maximum Gasteiger partial charge on any atom is 0.121 e.